The Morgan fingerprint density at radius 3 is 2.35 bits per heavy atom. The number of aliphatic carboxylic acids is 1. The molecule has 2 rings (SSSR count). The van der Waals surface area contributed by atoms with Gasteiger partial charge in [0, 0.05) is 0 Å². The van der Waals surface area contributed by atoms with E-state index in [1.165, 1.54) is 6.07 Å². The van der Waals surface area contributed by atoms with Crippen molar-refractivity contribution in [1.82, 2.24) is 0 Å². The molecule has 1 unspecified atom stereocenters. The van der Waals surface area contributed by atoms with Crippen LogP contribution in [0.5, 0.6) is 0 Å². The van der Waals surface area contributed by atoms with E-state index in [9.17, 15) is 13.6 Å². The topological polar surface area (TPSA) is 37.3 Å². The first-order chi connectivity index (χ1) is 9.40. The summed E-state index contributed by atoms with van der Waals surface area (Å²) in [6, 6.07) is 8.91. The normalized spacial score (nSPS) is 12.2. The number of benzene rings is 2. The lowest BCUT2D eigenvalue weighted by Gasteiger charge is -2.11. The summed E-state index contributed by atoms with van der Waals surface area (Å²) < 4.78 is 26.2. The molecular formula is C16H14F2O2. The molecule has 0 aromatic heterocycles. The van der Waals surface area contributed by atoms with Gasteiger partial charge in [-0.2, -0.15) is 0 Å². The molecule has 0 saturated carbocycles. The van der Waals surface area contributed by atoms with E-state index in [1.54, 1.807) is 25.1 Å². The zero-order chi connectivity index (χ0) is 14.9. The van der Waals surface area contributed by atoms with E-state index in [0.717, 1.165) is 23.3 Å². The number of carboxylic acids is 1. The first kappa shape index (κ1) is 14.2. The summed E-state index contributed by atoms with van der Waals surface area (Å²) in [5.41, 5.74) is 2.82. The quantitative estimate of drug-likeness (QED) is 0.915. The molecule has 2 aromatic rings. The third-order valence-corrected chi connectivity index (χ3v) is 3.35. The maximum atomic E-state index is 13.3. The smallest absolute Gasteiger partial charge is 0.310 e. The van der Waals surface area contributed by atoms with Crippen LogP contribution in [-0.4, -0.2) is 11.1 Å². The molecule has 0 fully saturated rings. The van der Waals surface area contributed by atoms with Crippen LogP contribution >= 0.6 is 0 Å². The SMILES string of the molecule is Cc1cc(C(C)C(=O)O)ccc1-c1ccc(F)c(F)c1. The summed E-state index contributed by atoms with van der Waals surface area (Å²) in [5.74, 6) is -3.29. The standard InChI is InChI=1S/C16H14F2O2/c1-9-7-11(10(2)16(19)20)3-5-13(9)12-4-6-14(17)15(18)8-12/h3-8,10H,1-2H3,(H,19,20). The van der Waals surface area contributed by atoms with Crippen LogP contribution in [0.15, 0.2) is 36.4 Å². The highest BCUT2D eigenvalue weighted by molar-refractivity contribution is 5.76. The van der Waals surface area contributed by atoms with Gasteiger partial charge in [-0.25, -0.2) is 8.78 Å². The van der Waals surface area contributed by atoms with Crippen molar-refractivity contribution in [3.8, 4) is 11.1 Å². The van der Waals surface area contributed by atoms with Crippen molar-refractivity contribution in [1.29, 1.82) is 0 Å². The second-order valence-corrected chi connectivity index (χ2v) is 4.76. The fourth-order valence-corrected chi connectivity index (χ4v) is 2.09. The van der Waals surface area contributed by atoms with Crippen LogP contribution < -0.4 is 0 Å². The Kier molecular flexibility index (Phi) is 3.84. The maximum Gasteiger partial charge on any atom is 0.310 e. The molecule has 0 aliphatic heterocycles. The molecule has 2 nitrogen and oxygen atoms in total. The van der Waals surface area contributed by atoms with Gasteiger partial charge in [0.25, 0.3) is 0 Å². The van der Waals surface area contributed by atoms with Crippen molar-refractivity contribution >= 4 is 5.97 Å². The Morgan fingerprint density at radius 1 is 1.10 bits per heavy atom. The van der Waals surface area contributed by atoms with Crippen LogP contribution in [0.3, 0.4) is 0 Å². The molecule has 4 heteroatoms. The van der Waals surface area contributed by atoms with Gasteiger partial charge in [-0.3, -0.25) is 4.79 Å². The number of rotatable bonds is 3. The van der Waals surface area contributed by atoms with Crippen molar-refractivity contribution in [2.75, 3.05) is 0 Å². The Balaban J connectivity index is 2.44. The van der Waals surface area contributed by atoms with E-state index in [2.05, 4.69) is 0 Å². The molecule has 20 heavy (non-hydrogen) atoms. The minimum absolute atomic E-state index is 0.566. The first-order valence-electron chi connectivity index (χ1n) is 6.19. The second-order valence-electron chi connectivity index (χ2n) is 4.76. The predicted octanol–water partition coefficient (Wildman–Crippen LogP) is 4.13. The van der Waals surface area contributed by atoms with Crippen LogP contribution in [0.2, 0.25) is 0 Å². The summed E-state index contributed by atoms with van der Waals surface area (Å²) in [4.78, 5) is 11.0. The Morgan fingerprint density at radius 2 is 1.80 bits per heavy atom. The van der Waals surface area contributed by atoms with Gasteiger partial charge in [0.1, 0.15) is 0 Å². The lowest BCUT2D eigenvalue weighted by atomic mass is 9.93. The van der Waals surface area contributed by atoms with Crippen molar-refractivity contribution in [2.24, 2.45) is 0 Å². The third-order valence-electron chi connectivity index (χ3n) is 3.35. The number of hydrogen-bond acceptors (Lipinski definition) is 1. The van der Waals surface area contributed by atoms with Gasteiger partial charge < -0.3 is 5.11 Å². The summed E-state index contributed by atoms with van der Waals surface area (Å²) >= 11 is 0. The Hall–Kier alpha value is -2.23. The van der Waals surface area contributed by atoms with E-state index in [-0.39, 0.29) is 0 Å². The Bertz CT molecular complexity index is 666. The molecular weight excluding hydrogens is 262 g/mol. The zero-order valence-corrected chi connectivity index (χ0v) is 11.2. The number of halogens is 2. The van der Waals surface area contributed by atoms with E-state index in [1.807, 2.05) is 6.92 Å². The van der Waals surface area contributed by atoms with Crippen LogP contribution in [0.4, 0.5) is 8.78 Å². The highest BCUT2D eigenvalue weighted by Crippen LogP contribution is 2.28. The molecule has 104 valence electrons. The minimum Gasteiger partial charge on any atom is -0.481 e. The molecule has 0 amide bonds. The molecule has 1 N–H and O–H groups in total. The lowest BCUT2D eigenvalue weighted by Crippen LogP contribution is -2.07. The van der Waals surface area contributed by atoms with E-state index in [4.69, 9.17) is 5.11 Å². The molecule has 2 aromatic carbocycles. The van der Waals surface area contributed by atoms with Gasteiger partial charge in [0.05, 0.1) is 5.92 Å². The van der Waals surface area contributed by atoms with E-state index in [0.29, 0.717) is 11.1 Å². The van der Waals surface area contributed by atoms with Crippen molar-refractivity contribution < 1.29 is 18.7 Å². The molecule has 0 spiro atoms. The van der Waals surface area contributed by atoms with Gasteiger partial charge in [0.2, 0.25) is 0 Å². The monoisotopic (exact) mass is 276 g/mol. The molecule has 0 aliphatic rings. The Labute approximate surface area is 115 Å². The highest BCUT2D eigenvalue weighted by Gasteiger charge is 2.15. The number of carbonyl (C=O) groups is 1. The largest absolute Gasteiger partial charge is 0.481 e. The zero-order valence-electron chi connectivity index (χ0n) is 11.2. The predicted molar refractivity (Wildman–Crippen MR) is 72.6 cm³/mol. The average molecular weight is 276 g/mol. The van der Waals surface area contributed by atoms with Gasteiger partial charge in [-0.1, -0.05) is 24.3 Å². The minimum atomic E-state index is -0.898. The molecule has 0 bridgehead atoms. The molecule has 0 radical (unpaired) electrons. The van der Waals surface area contributed by atoms with Gasteiger partial charge in [-0.15, -0.1) is 0 Å². The summed E-state index contributed by atoms with van der Waals surface area (Å²) in [7, 11) is 0. The average Bonchev–Trinajstić information content (AvgIpc) is 2.41. The van der Waals surface area contributed by atoms with Crippen LogP contribution in [0.25, 0.3) is 11.1 Å². The maximum absolute atomic E-state index is 13.3. The number of aryl methyl sites for hydroxylation is 1. The van der Waals surface area contributed by atoms with Crippen LogP contribution in [0.1, 0.15) is 24.0 Å². The summed E-state index contributed by atoms with van der Waals surface area (Å²) in [6.07, 6.45) is 0. The van der Waals surface area contributed by atoms with Crippen molar-refractivity contribution in [3.05, 3.63) is 59.2 Å². The molecule has 0 aliphatic carbocycles. The van der Waals surface area contributed by atoms with Crippen LogP contribution in [-0.2, 0) is 4.79 Å². The lowest BCUT2D eigenvalue weighted by molar-refractivity contribution is -0.138. The van der Waals surface area contributed by atoms with E-state index < -0.39 is 23.5 Å². The third kappa shape index (κ3) is 2.69. The highest BCUT2D eigenvalue weighted by atomic mass is 19.2. The van der Waals surface area contributed by atoms with Gasteiger partial charge >= 0.3 is 5.97 Å². The summed E-state index contributed by atoms with van der Waals surface area (Å²) in [6.45, 7) is 3.42. The second kappa shape index (κ2) is 5.41. The number of carboxylic acid groups (broad SMARTS) is 1. The fourth-order valence-electron chi connectivity index (χ4n) is 2.09. The van der Waals surface area contributed by atoms with Gasteiger partial charge in [0.15, 0.2) is 11.6 Å². The molecule has 1 atom stereocenters. The van der Waals surface area contributed by atoms with Crippen molar-refractivity contribution in [3.63, 3.8) is 0 Å². The molecule has 0 saturated heterocycles. The molecule has 0 heterocycles. The fraction of sp³-hybridized carbons (Fsp3) is 0.188. The van der Waals surface area contributed by atoms with Crippen LogP contribution in [0, 0.1) is 18.6 Å². The summed E-state index contributed by atoms with van der Waals surface area (Å²) in [5, 5.41) is 8.99. The van der Waals surface area contributed by atoms with E-state index >= 15 is 0 Å². The number of hydrogen-bond donors (Lipinski definition) is 1. The van der Waals surface area contributed by atoms with Crippen molar-refractivity contribution in [2.45, 2.75) is 19.8 Å². The van der Waals surface area contributed by atoms with Gasteiger partial charge in [-0.05, 0) is 48.2 Å². The first-order valence-corrected chi connectivity index (χ1v) is 6.19.